The third-order valence-corrected chi connectivity index (χ3v) is 5.11. The molecule has 0 spiro atoms. The van der Waals surface area contributed by atoms with Crippen molar-refractivity contribution in [2.45, 2.75) is 25.6 Å². The van der Waals surface area contributed by atoms with Crippen LogP contribution in [0.5, 0.6) is 0 Å². The summed E-state index contributed by atoms with van der Waals surface area (Å²) in [4.78, 5) is 14.9. The Labute approximate surface area is 159 Å². The first-order chi connectivity index (χ1) is 13.4. The molecule has 28 heavy (non-hydrogen) atoms. The number of Topliss-reactive ketones (excluding diaryl/α,β-unsaturated/α-hetero) is 1. The Bertz CT molecular complexity index is 1000. The average Bonchev–Trinajstić information content (AvgIpc) is 3.17. The Morgan fingerprint density at radius 2 is 2.00 bits per heavy atom. The number of carbonyl (C=O) groups is 1. The zero-order valence-corrected chi connectivity index (χ0v) is 14.9. The van der Waals surface area contributed by atoms with Crippen LogP contribution in [0.1, 0.15) is 34.3 Å². The molecule has 146 valence electrons. The minimum absolute atomic E-state index is 0.115. The number of carbonyl (C=O) groups excluding carboxylic acids is 1. The number of nitrogens with zero attached hydrogens (tertiary/aromatic N) is 3. The van der Waals surface area contributed by atoms with Gasteiger partial charge in [0.15, 0.2) is 5.78 Å². The van der Waals surface area contributed by atoms with E-state index in [0.29, 0.717) is 30.5 Å². The second kappa shape index (κ2) is 7.35. The van der Waals surface area contributed by atoms with Crippen molar-refractivity contribution in [2.75, 3.05) is 13.1 Å². The summed E-state index contributed by atoms with van der Waals surface area (Å²) in [6.07, 6.45) is -2.98. The highest BCUT2D eigenvalue weighted by atomic mass is 19.4. The molecule has 0 aliphatic carbocycles. The number of alkyl halides is 3. The molecule has 1 aliphatic heterocycles. The van der Waals surface area contributed by atoms with Gasteiger partial charge in [-0.15, -0.1) is 0 Å². The zero-order valence-electron chi connectivity index (χ0n) is 14.9. The predicted octanol–water partition coefficient (Wildman–Crippen LogP) is 4.34. The lowest BCUT2D eigenvalue weighted by molar-refractivity contribution is -0.137. The fourth-order valence-corrected chi connectivity index (χ4v) is 3.73. The molecule has 1 saturated heterocycles. The van der Waals surface area contributed by atoms with Gasteiger partial charge in [0.1, 0.15) is 11.0 Å². The van der Waals surface area contributed by atoms with Crippen molar-refractivity contribution in [3.8, 4) is 0 Å². The molecule has 1 aliphatic rings. The van der Waals surface area contributed by atoms with Crippen molar-refractivity contribution in [1.82, 2.24) is 15.2 Å². The average molecular weight is 389 g/mol. The first-order valence-electron chi connectivity index (χ1n) is 9.06. The van der Waals surface area contributed by atoms with E-state index in [1.165, 1.54) is 12.1 Å². The SMILES string of the molecule is O=C(c1cccc(C(F)(F)F)c1)C1CCCN(Cc2cccc3nonc23)C1. The van der Waals surface area contributed by atoms with Crippen LogP contribution < -0.4 is 0 Å². The Hall–Kier alpha value is -2.74. The summed E-state index contributed by atoms with van der Waals surface area (Å²) in [7, 11) is 0. The lowest BCUT2D eigenvalue weighted by Gasteiger charge is -2.32. The van der Waals surface area contributed by atoms with Crippen LogP contribution in [0.4, 0.5) is 13.2 Å². The third-order valence-electron chi connectivity index (χ3n) is 5.11. The summed E-state index contributed by atoms with van der Waals surface area (Å²) >= 11 is 0. The highest BCUT2D eigenvalue weighted by molar-refractivity contribution is 5.98. The molecule has 5 nitrogen and oxygen atoms in total. The van der Waals surface area contributed by atoms with E-state index in [-0.39, 0.29) is 17.3 Å². The van der Waals surface area contributed by atoms with Gasteiger partial charge in [-0.1, -0.05) is 24.3 Å². The Balaban J connectivity index is 1.49. The van der Waals surface area contributed by atoms with Crippen LogP contribution in [0.2, 0.25) is 0 Å². The van der Waals surface area contributed by atoms with Gasteiger partial charge >= 0.3 is 6.18 Å². The fraction of sp³-hybridized carbons (Fsp3) is 0.350. The van der Waals surface area contributed by atoms with Gasteiger partial charge in [-0.3, -0.25) is 9.69 Å². The van der Waals surface area contributed by atoms with E-state index in [1.54, 1.807) is 0 Å². The van der Waals surface area contributed by atoms with Gasteiger partial charge in [-0.25, -0.2) is 4.63 Å². The lowest BCUT2D eigenvalue weighted by atomic mass is 9.89. The molecule has 0 saturated carbocycles. The van der Waals surface area contributed by atoms with E-state index < -0.39 is 11.7 Å². The maximum absolute atomic E-state index is 12.9. The van der Waals surface area contributed by atoms with E-state index in [4.69, 9.17) is 4.63 Å². The molecule has 4 rings (SSSR count). The van der Waals surface area contributed by atoms with Crippen molar-refractivity contribution in [2.24, 2.45) is 5.92 Å². The summed E-state index contributed by atoms with van der Waals surface area (Å²) < 4.78 is 43.6. The highest BCUT2D eigenvalue weighted by Crippen LogP contribution is 2.31. The minimum atomic E-state index is -4.46. The van der Waals surface area contributed by atoms with Crippen molar-refractivity contribution >= 4 is 16.8 Å². The van der Waals surface area contributed by atoms with Crippen LogP contribution in [0.25, 0.3) is 11.0 Å². The largest absolute Gasteiger partial charge is 0.416 e. The number of ketones is 1. The lowest BCUT2D eigenvalue weighted by Crippen LogP contribution is -2.38. The van der Waals surface area contributed by atoms with Crippen molar-refractivity contribution < 1.29 is 22.6 Å². The van der Waals surface area contributed by atoms with Crippen LogP contribution >= 0.6 is 0 Å². The van der Waals surface area contributed by atoms with Crippen LogP contribution in [0.15, 0.2) is 47.1 Å². The van der Waals surface area contributed by atoms with E-state index in [1.807, 2.05) is 18.2 Å². The Morgan fingerprint density at radius 3 is 2.82 bits per heavy atom. The second-order valence-corrected chi connectivity index (χ2v) is 7.07. The van der Waals surface area contributed by atoms with Gasteiger partial charge in [0, 0.05) is 24.6 Å². The Kier molecular flexibility index (Phi) is 4.89. The molecule has 0 amide bonds. The number of fused-ring (bicyclic) bond motifs is 1. The van der Waals surface area contributed by atoms with Gasteiger partial charge in [0.05, 0.1) is 5.56 Å². The quantitative estimate of drug-likeness (QED) is 0.622. The second-order valence-electron chi connectivity index (χ2n) is 7.07. The zero-order chi connectivity index (χ0) is 19.7. The molecule has 0 bridgehead atoms. The number of aromatic nitrogens is 2. The van der Waals surface area contributed by atoms with E-state index in [9.17, 15) is 18.0 Å². The normalized spacial score (nSPS) is 18.5. The first kappa shape index (κ1) is 18.6. The first-order valence-corrected chi connectivity index (χ1v) is 9.06. The molecule has 1 fully saturated rings. The summed E-state index contributed by atoms with van der Waals surface area (Å²) in [6, 6.07) is 10.3. The molecule has 0 radical (unpaired) electrons. The molecule has 8 heteroatoms. The standard InChI is InChI=1S/C20H18F3N3O2/c21-20(22,23)16-7-1-4-13(10-16)19(27)15-6-3-9-26(12-15)11-14-5-2-8-17-18(14)25-28-24-17/h1-2,4-5,7-8,10,15H,3,6,9,11-12H2. The van der Waals surface area contributed by atoms with Gasteiger partial charge < -0.3 is 0 Å². The number of rotatable bonds is 4. The topological polar surface area (TPSA) is 59.2 Å². The summed E-state index contributed by atoms with van der Waals surface area (Å²) in [5.74, 6) is -0.566. The van der Waals surface area contributed by atoms with Crippen LogP contribution in [0.3, 0.4) is 0 Å². The predicted molar refractivity (Wildman–Crippen MR) is 95.6 cm³/mol. The summed E-state index contributed by atoms with van der Waals surface area (Å²) in [5.41, 5.74) is 1.63. The molecule has 1 aromatic heterocycles. The van der Waals surface area contributed by atoms with E-state index in [0.717, 1.165) is 30.7 Å². The molecule has 0 N–H and O–H groups in total. The van der Waals surface area contributed by atoms with Gasteiger partial charge in [0.25, 0.3) is 0 Å². The smallest absolute Gasteiger partial charge is 0.298 e. The van der Waals surface area contributed by atoms with Crippen LogP contribution in [0, 0.1) is 5.92 Å². The maximum Gasteiger partial charge on any atom is 0.416 e. The number of hydrogen-bond acceptors (Lipinski definition) is 5. The number of hydrogen-bond donors (Lipinski definition) is 0. The van der Waals surface area contributed by atoms with Gasteiger partial charge in [0.2, 0.25) is 0 Å². The van der Waals surface area contributed by atoms with E-state index in [2.05, 4.69) is 15.2 Å². The molecule has 3 aromatic rings. The fourth-order valence-electron chi connectivity index (χ4n) is 3.73. The molecule has 1 unspecified atom stereocenters. The molecule has 2 aromatic carbocycles. The maximum atomic E-state index is 12.9. The molecular formula is C20H18F3N3O2. The Morgan fingerprint density at radius 1 is 1.18 bits per heavy atom. The number of piperidine rings is 1. The highest BCUT2D eigenvalue weighted by Gasteiger charge is 2.32. The van der Waals surface area contributed by atoms with Crippen molar-refractivity contribution in [3.05, 3.63) is 59.2 Å². The molecule has 2 heterocycles. The van der Waals surface area contributed by atoms with Crippen LogP contribution in [-0.2, 0) is 12.7 Å². The van der Waals surface area contributed by atoms with Crippen molar-refractivity contribution in [3.63, 3.8) is 0 Å². The third kappa shape index (κ3) is 3.77. The van der Waals surface area contributed by atoms with Gasteiger partial charge in [-0.05, 0) is 53.5 Å². The van der Waals surface area contributed by atoms with Crippen LogP contribution in [-0.4, -0.2) is 34.1 Å². The van der Waals surface area contributed by atoms with Gasteiger partial charge in [-0.2, -0.15) is 13.2 Å². The monoisotopic (exact) mass is 389 g/mol. The van der Waals surface area contributed by atoms with Crippen molar-refractivity contribution in [1.29, 1.82) is 0 Å². The van der Waals surface area contributed by atoms with E-state index >= 15 is 0 Å². The number of benzene rings is 2. The number of likely N-dealkylation sites (tertiary alicyclic amines) is 1. The molecule has 1 atom stereocenters. The summed E-state index contributed by atoms with van der Waals surface area (Å²) in [6.45, 7) is 1.89. The summed E-state index contributed by atoms with van der Waals surface area (Å²) in [5, 5.41) is 7.77. The molecular weight excluding hydrogens is 371 g/mol. The minimum Gasteiger partial charge on any atom is -0.298 e. The number of halogens is 3.